The van der Waals surface area contributed by atoms with Gasteiger partial charge in [-0.15, -0.1) is 0 Å². The average molecular weight is 254 g/mol. The molecule has 0 amide bonds. The highest BCUT2D eigenvalue weighted by molar-refractivity contribution is 9.10. The van der Waals surface area contributed by atoms with Gasteiger partial charge >= 0.3 is 0 Å². The summed E-state index contributed by atoms with van der Waals surface area (Å²) in [6.45, 7) is 2.23. The van der Waals surface area contributed by atoms with E-state index >= 15 is 0 Å². The minimum Gasteiger partial charge on any atom is -0.492 e. The minimum absolute atomic E-state index is 0.355. The number of benzene rings is 1. The van der Waals surface area contributed by atoms with Gasteiger partial charge in [-0.1, -0.05) is 15.9 Å². The van der Waals surface area contributed by atoms with Gasteiger partial charge in [-0.2, -0.15) is 5.26 Å². The summed E-state index contributed by atoms with van der Waals surface area (Å²) in [5, 5.41) is 8.82. The molecule has 0 N–H and O–H groups in total. The van der Waals surface area contributed by atoms with Gasteiger partial charge in [0, 0.05) is 4.47 Å². The monoisotopic (exact) mass is 253 g/mol. The number of rotatable bonds is 3. The zero-order chi connectivity index (χ0) is 10.6. The second-order valence-corrected chi connectivity index (χ2v) is 3.45. The molecule has 3 nitrogen and oxygen atoms in total. The van der Waals surface area contributed by atoms with Crippen molar-refractivity contribution in [1.29, 1.82) is 5.26 Å². The van der Waals surface area contributed by atoms with Crippen LogP contribution in [0, 0.1) is 11.3 Å². The van der Waals surface area contributed by atoms with Gasteiger partial charge in [-0.3, -0.25) is 4.79 Å². The summed E-state index contributed by atoms with van der Waals surface area (Å²) >= 11 is 3.21. The lowest BCUT2D eigenvalue weighted by Crippen LogP contribution is -1.99. The van der Waals surface area contributed by atoms with Gasteiger partial charge in [0.2, 0.25) is 0 Å². The molecule has 1 aromatic carbocycles. The predicted octanol–water partition coefficient (Wildman–Crippen LogP) is 2.53. The van der Waals surface area contributed by atoms with E-state index in [1.807, 2.05) is 6.07 Å². The number of hydrogen-bond acceptors (Lipinski definition) is 3. The van der Waals surface area contributed by atoms with Crippen molar-refractivity contribution in [2.24, 2.45) is 0 Å². The molecule has 0 radical (unpaired) electrons. The number of ether oxygens (including phenoxy) is 1. The topological polar surface area (TPSA) is 50.1 Å². The third-order valence-electron chi connectivity index (χ3n) is 1.62. The van der Waals surface area contributed by atoms with Crippen LogP contribution in [-0.4, -0.2) is 12.9 Å². The van der Waals surface area contributed by atoms with Gasteiger partial charge in [-0.25, -0.2) is 0 Å². The lowest BCUT2D eigenvalue weighted by Gasteiger charge is -2.08. The Hall–Kier alpha value is -1.34. The molecule has 1 aromatic rings. The highest BCUT2D eigenvalue weighted by atomic mass is 79.9. The van der Waals surface area contributed by atoms with E-state index in [1.54, 1.807) is 19.1 Å². The molecule has 0 spiro atoms. The first-order valence-electron chi connectivity index (χ1n) is 4.04. The zero-order valence-electron chi connectivity index (χ0n) is 7.58. The molecule has 1 rings (SSSR count). The van der Waals surface area contributed by atoms with E-state index in [2.05, 4.69) is 15.9 Å². The number of halogens is 1. The highest BCUT2D eigenvalue weighted by Gasteiger charge is 2.10. The number of nitriles is 1. The molecule has 0 heterocycles. The SMILES string of the molecule is CCOc1c(C#N)cc(Br)cc1C=O. The van der Waals surface area contributed by atoms with Crippen molar-refractivity contribution in [3.05, 3.63) is 27.7 Å². The molecule has 0 saturated carbocycles. The summed E-state index contributed by atoms with van der Waals surface area (Å²) in [7, 11) is 0. The van der Waals surface area contributed by atoms with E-state index in [0.29, 0.717) is 34.2 Å². The van der Waals surface area contributed by atoms with E-state index in [1.165, 1.54) is 0 Å². The van der Waals surface area contributed by atoms with Gasteiger partial charge in [0.1, 0.15) is 11.8 Å². The molecule has 0 atom stereocenters. The van der Waals surface area contributed by atoms with Crippen LogP contribution in [0.15, 0.2) is 16.6 Å². The Bertz CT molecular complexity index is 396. The maximum Gasteiger partial charge on any atom is 0.153 e. The molecule has 0 aliphatic heterocycles. The second kappa shape index (κ2) is 4.77. The van der Waals surface area contributed by atoms with Crippen LogP contribution in [0.25, 0.3) is 0 Å². The molecule has 14 heavy (non-hydrogen) atoms. The van der Waals surface area contributed by atoms with Crippen molar-refractivity contribution < 1.29 is 9.53 Å². The molecule has 0 unspecified atom stereocenters. The number of carbonyl (C=O) groups is 1. The van der Waals surface area contributed by atoms with Crippen LogP contribution in [-0.2, 0) is 0 Å². The van der Waals surface area contributed by atoms with Crippen LogP contribution >= 0.6 is 15.9 Å². The van der Waals surface area contributed by atoms with E-state index in [0.717, 1.165) is 0 Å². The van der Waals surface area contributed by atoms with Gasteiger partial charge in [0.25, 0.3) is 0 Å². The van der Waals surface area contributed by atoms with Crippen LogP contribution in [0.1, 0.15) is 22.8 Å². The fourth-order valence-electron chi connectivity index (χ4n) is 1.09. The third-order valence-corrected chi connectivity index (χ3v) is 2.08. The van der Waals surface area contributed by atoms with Gasteiger partial charge < -0.3 is 4.74 Å². The average Bonchev–Trinajstić information content (AvgIpc) is 2.20. The van der Waals surface area contributed by atoms with Gasteiger partial charge in [-0.05, 0) is 19.1 Å². The van der Waals surface area contributed by atoms with Crippen molar-refractivity contribution >= 4 is 22.2 Å². The van der Waals surface area contributed by atoms with Crippen LogP contribution in [0.4, 0.5) is 0 Å². The summed E-state index contributed by atoms with van der Waals surface area (Å²) in [5.41, 5.74) is 0.751. The van der Waals surface area contributed by atoms with Crippen molar-refractivity contribution in [2.45, 2.75) is 6.92 Å². The van der Waals surface area contributed by atoms with Crippen molar-refractivity contribution in [3.63, 3.8) is 0 Å². The van der Waals surface area contributed by atoms with E-state index in [4.69, 9.17) is 10.00 Å². The maximum absolute atomic E-state index is 10.7. The molecule has 0 aromatic heterocycles. The summed E-state index contributed by atoms with van der Waals surface area (Å²) in [5.74, 6) is 0.355. The van der Waals surface area contributed by atoms with Crippen LogP contribution in [0.3, 0.4) is 0 Å². The molecular formula is C10H8BrNO2. The molecule has 0 aliphatic carbocycles. The van der Waals surface area contributed by atoms with E-state index in [-0.39, 0.29) is 0 Å². The summed E-state index contributed by atoms with van der Waals surface area (Å²) < 4.78 is 5.92. The number of nitrogens with zero attached hydrogens (tertiary/aromatic N) is 1. The molecule has 0 fully saturated rings. The second-order valence-electron chi connectivity index (χ2n) is 2.53. The normalized spacial score (nSPS) is 9.21. The van der Waals surface area contributed by atoms with Crippen LogP contribution in [0.2, 0.25) is 0 Å². The fourth-order valence-corrected chi connectivity index (χ4v) is 1.57. The first kappa shape index (κ1) is 10.7. The minimum atomic E-state index is 0.355. The summed E-state index contributed by atoms with van der Waals surface area (Å²) in [6, 6.07) is 5.23. The first-order chi connectivity index (χ1) is 6.72. The quantitative estimate of drug-likeness (QED) is 0.778. The fraction of sp³-hybridized carbons (Fsp3) is 0.200. The summed E-state index contributed by atoms with van der Waals surface area (Å²) in [6.07, 6.45) is 0.677. The largest absolute Gasteiger partial charge is 0.492 e. The maximum atomic E-state index is 10.7. The Morgan fingerprint density at radius 3 is 2.86 bits per heavy atom. The predicted molar refractivity (Wildman–Crippen MR) is 55.4 cm³/mol. The molecule has 0 saturated heterocycles. The Balaban J connectivity index is 3.34. The Labute approximate surface area is 90.4 Å². The lowest BCUT2D eigenvalue weighted by molar-refractivity contribution is 0.111. The number of aldehydes is 1. The highest BCUT2D eigenvalue weighted by Crippen LogP contribution is 2.26. The van der Waals surface area contributed by atoms with Gasteiger partial charge in [0.15, 0.2) is 6.29 Å². The van der Waals surface area contributed by atoms with Crippen LogP contribution < -0.4 is 4.74 Å². The summed E-state index contributed by atoms with van der Waals surface area (Å²) in [4.78, 5) is 10.7. The third kappa shape index (κ3) is 2.12. The Kier molecular flexibility index (Phi) is 3.66. The van der Waals surface area contributed by atoms with E-state index in [9.17, 15) is 4.79 Å². The Morgan fingerprint density at radius 2 is 2.36 bits per heavy atom. The Morgan fingerprint density at radius 1 is 1.64 bits per heavy atom. The van der Waals surface area contributed by atoms with Crippen molar-refractivity contribution in [2.75, 3.05) is 6.61 Å². The van der Waals surface area contributed by atoms with Crippen LogP contribution in [0.5, 0.6) is 5.75 Å². The molecule has 4 heteroatoms. The molecule has 0 aliphatic rings. The van der Waals surface area contributed by atoms with Gasteiger partial charge in [0.05, 0.1) is 17.7 Å². The van der Waals surface area contributed by atoms with E-state index < -0.39 is 0 Å². The molecule has 0 bridgehead atoms. The smallest absolute Gasteiger partial charge is 0.153 e. The lowest BCUT2D eigenvalue weighted by atomic mass is 10.1. The zero-order valence-corrected chi connectivity index (χ0v) is 9.17. The number of hydrogen-bond donors (Lipinski definition) is 0. The standard InChI is InChI=1S/C10H8BrNO2/c1-2-14-10-7(5-12)3-9(11)4-8(10)6-13/h3-4,6H,2H2,1H3. The first-order valence-corrected chi connectivity index (χ1v) is 4.83. The molecular weight excluding hydrogens is 246 g/mol. The molecule has 72 valence electrons. The number of carbonyl (C=O) groups excluding carboxylic acids is 1. The van der Waals surface area contributed by atoms with Crippen molar-refractivity contribution in [1.82, 2.24) is 0 Å². The van der Waals surface area contributed by atoms with Crippen molar-refractivity contribution in [3.8, 4) is 11.8 Å².